The van der Waals surface area contributed by atoms with Gasteiger partial charge < -0.3 is 33.2 Å². The van der Waals surface area contributed by atoms with Gasteiger partial charge >= 0.3 is 24.2 Å². The van der Waals surface area contributed by atoms with E-state index in [-0.39, 0.29) is 25.4 Å². The summed E-state index contributed by atoms with van der Waals surface area (Å²) in [4.78, 5) is 46.0. The molecule has 2 atom stereocenters. The molecule has 0 N–H and O–H groups in total. The van der Waals surface area contributed by atoms with Gasteiger partial charge in [0.05, 0.1) is 25.4 Å². The highest BCUT2D eigenvalue weighted by Crippen LogP contribution is 2.32. The average Bonchev–Trinajstić information content (AvgIpc) is 3.46. The molecule has 0 aromatic heterocycles. The van der Waals surface area contributed by atoms with Crippen LogP contribution < -0.4 is 0 Å². The summed E-state index contributed by atoms with van der Waals surface area (Å²) < 4.78 is 35.9. The Hall–Kier alpha value is -3.60. The highest BCUT2D eigenvalue weighted by molar-refractivity contribution is 5.82. The predicted molar refractivity (Wildman–Crippen MR) is 136 cm³/mol. The van der Waals surface area contributed by atoms with E-state index in [4.69, 9.17) is 33.2 Å². The molecule has 39 heavy (non-hydrogen) atoms. The molecule has 2 unspecified atom stereocenters. The number of hydrogen-bond acceptors (Lipinski definition) is 11. The number of carbonyl (C=O) groups is 4. The number of rotatable bonds is 14. The van der Waals surface area contributed by atoms with Crippen LogP contribution in [0, 0.1) is 0 Å². The van der Waals surface area contributed by atoms with Crippen molar-refractivity contribution in [1.82, 2.24) is 0 Å². The molecule has 3 rings (SSSR count). The molecule has 11 nitrogen and oxygen atoms in total. The first-order valence-corrected chi connectivity index (χ1v) is 13.0. The van der Waals surface area contributed by atoms with Gasteiger partial charge in [0.25, 0.3) is 0 Å². The largest absolute Gasteiger partial charge is 0.514 e. The SMILES string of the molecule is CC1(C)OC(=O)O/C1=C/CCOC(=O)C=CCCC1OC1CC/C=C/C(=O)OCC/C=C1/OC(=O)OC1(C)C. The molecule has 3 aliphatic heterocycles. The van der Waals surface area contributed by atoms with Crippen LogP contribution in [0.1, 0.15) is 66.2 Å². The van der Waals surface area contributed by atoms with Crippen molar-refractivity contribution in [2.75, 3.05) is 13.2 Å². The third-order valence-electron chi connectivity index (χ3n) is 6.07. The number of epoxide rings is 1. The van der Waals surface area contributed by atoms with E-state index in [1.807, 2.05) is 0 Å². The van der Waals surface area contributed by atoms with Crippen LogP contribution >= 0.6 is 0 Å². The Kier molecular flexibility index (Phi) is 10.3. The van der Waals surface area contributed by atoms with Gasteiger partial charge in [0.15, 0.2) is 22.7 Å². The molecule has 3 heterocycles. The van der Waals surface area contributed by atoms with Gasteiger partial charge in [-0.3, -0.25) is 0 Å². The van der Waals surface area contributed by atoms with Crippen molar-refractivity contribution in [3.63, 3.8) is 0 Å². The van der Waals surface area contributed by atoms with Gasteiger partial charge in [-0.1, -0.05) is 12.2 Å². The van der Waals surface area contributed by atoms with E-state index in [9.17, 15) is 19.2 Å². The first-order chi connectivity index (χ1) is 18.5. The molecule has 3 fully saturated rings. The third kappa shape index (κ3) is 9.90. The summed E-state index contributed by atoms with van der Waals surface area (Å²) in [6.07, 6.45) is 12.2. The van der Waals surface area contributed by atoms with E-state index in [1.54, 1.807) is 52.0 Å². The monoisotopic (exact) mass is 548 g/mol. The standard InChI is InChI=1S/C28H36O11/c1-27(2)21(36-25(31)38-27)13-9-17-33-23(29)15-7-5-11-19-20(35-19)12-6-8-16-24(30)34-18-10-14-22-28(3,4)39-26(32)37-22/h7-8,13-16,19-20H,5-6,9-12,17-18H2,1-4H3/b15-7+,16-8?,21-13+,22-14+. The zero-order valence-electron chi connectivity index (χ0n) is 22.8. The third-order valence-corrected chi connectivity index (χ3v) is 6.07. The molecular weight excluding hydrogens is 512 g/mol. The Labute approximate surface area is 227 Å². The van der Waals surface area contributed by atoms with Crippen molar-refractivity contribution < 1.29 is 52.3 Å². The number of hydrogen-bond donors (Lipinski definition) is 0. The number of carbonyl (C=O) groups excluding carboxylic acids is 4. The van der Waals surface area contributed by atoms with Crippen LogP contribution in [0.2, 0.25) is 0 Å². The molecule has 214 valence electrons. The number of esters is 2. The van der Waals surface area contributed by atoms with E-state index < -0.39 is 35.5 Å². The molecule has 0 aromatic carbocycles. The van der Waals surface area contributed by atoms with Crippen molar-refractivity contribution in [2.24, 2.45) is 0 Å². The number of allylic oxidation sites excluding steroid dienone is 2. The van der Waals surface area contributed by atoms with Gasteiger partial charge in [-0.05, 0) is 65.5 Å². The molecular formula is C28H36O11. The lowest BCUT2D eigenvalue weighted by Crippen LogP contribution is -2.20. The van der Waals surface area contributed by atoms with E-state index >= 15 is 0 Å². The first-order valence-electron chi connectivity index (χ1n) is 13.0. The fourth-order valence-electron chi connectivity index (χ4n) is 3.92. The van der Waals surface area contributed by atoms with Crippen molar-refractivity contribution in [1.29, 1.82) is 0 Å². The zero-order valence-corrected chi connectivity index (χ0v) is 22.8. The lowest BCUT2D eigenvalue weighted by atomic mass is 10.1. The van der Waals surface area contributed by atoms with Gasteiger partial charge in [-0.2, -0.15) is 0 Å². The number of cyclic esters (lactones) is 4. The highest BCUT2D eigenvalue weighted by atomic mass is 16.8. The second kappa shape index (κ2) is 13.5. The second-order valence-electron chi connectivity index (χ2n) is 10.2. The molecule has 0 aromatic rings. The molecule has 11 heteroatoms. The molecule has 0 radical (unpaired) electrons. The van der Waals surface area contributed by atoms with Crippen LogP contribution in [0.4, 0.5) is 9.59 Å². The summed E-state index contributed by atoms with van der Waals surface area (Å²) in [5.74, 6) is -0.0513. The van der Waals surface area contributed by atoms with Gasteiger partial charge in [0, 0.05) is 25.0 Å². The Balaban J connectivity index is 1.18. The van der Waals surface area contributed by atoms with Crippen molar-refractivity contribution in [3.8, 4) is 0 Å². The fraction of sp³-hybridized carbons (Fsp3) is 0.571. The van der Waals surface area contributed by atoms with Crippen LogP contribution in [0.5, 0.6) is 0 Å². The molecule has 0 aliphatic carbocycles. The van der Waals surface area contributed by atoms with Gasteiger partial charge in [-0.25, -0.2) is 19.2 Å². The minimum atomic E-state index is -0.811. The lowest BCUT2D eigenvalue weighted by molar-refractivity contribution is -0.138. The Morgan fingerprint density at radius 2 is 1.13 bits per heavy atom. The first kappa shape index (κ1) is 29.9. The zero-order chi connectivity index (χ0) is 28.5. The second-order valence-corrected chi connectivity index (χ2v) is 10.2. The Morgan fingerprint density at radius 1 is 0.718 bits per heavy atom. The summed E-state index contributed by atoms with van der Waals surface area (Å²) >= 11 is 0. The quantitative estimate of drug-likeness (QED) is 0.0958. The fourth-order valence-corrected chi connectivity index (χ4v) is 3.92. The summed E-state index contributed by atoms with van der Waals surface area (Å²) in [5.41, 5.74) is -1.62. The smallest absolute Gasteiger partial charge is 0.462 e. The molecule has 3 saturated heterocycles. The van der Waals surface area contributed by atoms with E-state index in [0.717, 1.165) is 12.8 Å². The molecule has 0 amide bonds. The van der Waals surface area contributed by atoms with Crippen molar-refractivity contribution >= 4 is 24.2 Å². The van der Waals surface area contributed by atoms with Crippen molar-refractivity contribution in [2.45, 2.75) is 89.6 Å². The normalized spacial score (nSPS) is 25.0. The summed E-state index contributed by atoms with van der Waals surface area (Å²) in [6, 6.07) is 0. The highest BCUT2D eigenvalue weighted by Gasteiger charge is 2.40. The number of ether oxygens (including phenoxy) is 7. The maximum absolute atomic E-state index is 11.8. The Bertz CT molecular complexity index is 966. The van der Waals surface area contributed by atoms with E-state index in [1.165, 1.54) is 12.2 Å². The van der Waals surface area contributed by atoms with Crippen LogP contribution in [-0.2, 0) is 42.7 Å². The van der Waals surface area contributed by atoms with Crippen LogP contribution in [-0.4, -0.2) is 60.9 Å². The van der Waals surface area contributed by atoms with Crippen LogP contribution in [0.3, 0.4) is 0 Å². The predicted octanol–water partition coefficient (Wildman–Crippen LogP) is 4.95. The minimum absolute atomic E-state index is 0.142. The average molecular weight is 549 g/mol. The maximum atomic E-state index is 11.8. The maximum Gasteiger partial charge on any atom is 0.514 e. The van der Waals surface area contributed by atoms with Gasteiger partial charge in [-0.15, -0.1) is 0 Å². The Morgan fingerprint density at radius 3 is 1.49 bits per heavy atom. The minimum Gasteiger partial charge on any atom is -0.462 e. The lowest BCUT2D eigenvalue weighted by Gasteiger charge is -2.13. The van der Waals surface area contributed by atoms with E-state index in [2.05, 4.69) is 0 Å². The van der Waals surface area contributed by atoms with Crippen LogP contribution in [0.15, 0.2) is 48.0 Å². The topological polar surface area (TPSA) is 136 Å². The van der Waals surface area contributed by atoms with E-state index in [0.29, 0.717) is 37.2 Å². The van der Waals surface area contributed by atoms with Gasteiger partial charge in [0.1, 0.15) is 0 Å². The summed E-state index contributed by atoms with van der Waals surface area (Å²) in [5, 5.41) is 0. The van der Waals surface area contributed by atoms with Gasteiger partial charge in [0.2, 0.25) is 0 Å². The summed E-state index contributed by atoms with van der Waals surface area (Å²) in [6.45, 7) is 7.21. The van der Waals surface area contributed by atoms with Crippen LogP contribution in [0.25, 0.3) is 0 Å². The molecule has 0 spiro atoms. The molecule has 3 aliphatic rings. The molecule has 0 bridgehead atoms. The van der Waals surface area contributed by atoms with Crippen molar-refractivity contribution in [3.05, 3.63) is 48.0 Å². The molecule has 0 saturated carbocycles. The summed E-state index contributed by atoms with van der Waals surface area (Å²) in [7, 11) is 0.